The molecule has 0 spiro atoms. The lowest BCUT2D eigenvalue weighted by molar-refractivity contribution is -0.0587. The van der Waals surface area contributed by atoms with Crippen LogP contribution in [-0.2, 0) is 9.57 Å². The van der Waals surface area contributed by atoms with Crippen molar-refractivity contribution in [2.75, 3.05) is 5.32 Å². The van der Waals surface area contributed by atoms with Crippen molar-refractivity contribution in [1.29, 1.82) is 0 Å². The van der Waals surface area contributed by atoms with Gasteiger partial charge in [0.05, 0.1) is 11.1 Å². The van der Waals surface area contributed by atoms with Gasteiger partial charge in [-0.25, -0.2) is 14.6 Å². The van der Waals surface area contributed by atoms with Crippen LogP contribution in [0.4, 0.5) is 10.7 Å². The molecule has 2 aromatic rings. The van der Waals surface area contributed by atoms with Crippen molar-refractivity contribution in [3.63, 3.8) is 0 Å². The Hall–Kier alpha value is -3.69. The standard InChI is InChI=1S/C18H17N3O7/c1-9-19-12(13(26-9)20-17(25)27-18(2,3)4)16(24)28-21-14(22)10-7-5-6-8-11(10)15(21)23/h5-8H,1-4H3,(H,20,25). The number of benzene rings is 1. The molecular formula is C18H17N3O7. The fourth-order valence-electron chi connectivity index (χ4n) is 2.42. The molecule has 28 heavy (non-hydrogen) atoms. The van der Waals surface area contributed by atoms with Crippen LogP contribution in [0.2, 0.25) is 0 Å². The van der Waals surface area contributed by atoms with Crippen LogP contribution < -0.4 is 5.32 Å². The summed E-state index contributed by atoms with van der Waals surface area (Å²) in [6.07, 6.45) is -0.876. The number of nitrogens with one attached hydrogen (secondary N) is 1. The normalized spacial score (nSPS) is 13.4. The first-order chi connectivity index (χ1) is 13.1. The van der Waals surface area contributed by atoms with E-state index in [0.717, 1.165) is 0 Å². The molecule has 1 N–H and O–H groups in total. The molecule has 1 aliphatic heterocycles. The van der Waals surface area contributed by atoms with Crippen molar-refractivity contribution < 1.29 is 33.2 Å². The van der Waals surface area contributed by atoms with Crippen molar-refractivity contribution >= 4 is 29.8 Å². The first-order valence-electron chi connectivity index (χ1n) is 8.24. The number of hydrogen-bond donors (Lipinski definition) is 1. The number of amides is 3. The molecule has 1 aliphatic rings. The van der Waals surface area contributed by atoms with Crippen LogP contribution >= 0.6 is 0 Å². The van der Waals surface area contributed by atoms with E-state index in [-0.39, 0.29) is 22.9 Å². The first-order valence-corrected chi connectivity index (χ1v) is 8.24. The van der Waals surface area contributed by atoms with Gasteiger partial charge in [-0.1, -0.05) is 17.2 Å². The Labute approximate surface area is 159 Å². The van der Waals surface area contributed by atoms with Crippen molar-refractivity contribution in [2.45, 2.75) is 33.3 Å². The zero-order valence-corrected chi connectivity index (χ0v) is 15.6. The number of aromatic nitrogens is 1. The molecule has 1 aromatic carbocycles. The molecule has 0 radical (unpaired) electrons. The Morgan fingerprint density at radius 2 is 1.68 bits per heavy atom. The summed E-state index contributed by atoms with van der Waals surface area (Å²) in [5.41, 5.74) is -0.965. The molecule has 0 aliphatic carbocycles. The molecule has 10 heteroatoms. The highest BCUT2D eigenvalue weighted by atomic mass is 16.7. The summed E-state index contributed by atoms with van der Waals surface area (Å²) in [4.78, 5) is 57.7. The fraction of sp³-hybridized carbons (Fsp3) is 0.278. The van der Waals surface area contributed by atoms with E-state index >= 15 is 0 Å². The Balaban J connectivity index is 1.78. The van der Waals surface area contributed by atoms with Gasteiger partial charge in [0.25, 0.3) is 11.8 Å². The number of hydroxylamine groups is 2. The first kappa shape index (κ1) is 19.1. The van der Waals surface area contributed by atoms with E-state index in [2.05, 4.69) is 10.3 Å². The van der Waals surface area contributed by atoms with Crippen LogP contribution in [0, 0.1) is 6.92 Å². The van der Waals surface area contributed by atoms with E-state index < -0.39 is 35.2 Å². The highest BCUT2D eigenvalue weighted by Crippen LogP contribution is 2.25. The molecule has 0 saturated carbocycles. The van der Waals surface area contributed by atoms with Crippen molar-refractivity contribution in [1.82, 2.24) is 10.0 Å². The third-order valence-electron chi connectivity index (χ3n) is 3.47. The predicted molar refractivity (Wildman–Crippen MR) is 93.5 cm³/mol. The van der Waals surface area contributed by atoms with Crippen molar-refractivity contribution in [3.05, 3.63) is 47.0 Å². The predicted octanol–water partition coefficient (Wildman–Crippen LogP) is 2.70. The largest absolute Gasteiger partial charge is 0.444 e. The van der Waals surface area contributed by atoms with E-state index in [9.17, 15) is 19.2 Å². The molecule has 0 atom stereocenters. The van der Waals surface area contributed by atoms with Gasteiger partial charge in [-0.3, -0.25) is 14.9 Å². The van der Waals surface area contributed by atoms with E-state index in [1.54, 1.807) is 32.9 Å². The van der Waals surface area contributed by atoms with Gasteiger partial charge in [0.1, 0.15) is 5.60 Å². The quantitative estimate of drug-likeness (QED) is 0.796. The number of nitrogens with zero attached hydrogens (tertiary/aromatic N) is 2. The van der Waals surface area contributed by atoms with Gasteiger partial charge in [-0.2, -0.15) is 0 Å². The molecule has 3 amide bonds. The number of imide groups is 1. The molecule has 3 rings (SSSR count). The molecule has 0 unspecified atom stereocenters. The topological polar surface area (TPSA) is 128 Å². The summed E-state index contributed by atoms with van der Waals surface area (Å²) in [6, 6.07) is 6.05. The number of ether oxygens (including phenoxy) is 1. The summed E-state index contributed by atoms with van der Waals surface area (Å²) in [6.45, 7) is 6.43. The third-order valence-corrected chi connectivity index (χ3v) is 3.47. The van der Waals surface area contributed by atoms with Gasteiger partial charge in [0, 0.05) is 6.92 Å². The van der Waals surface area contributed by atoms with Gasteiger partial charge in [0.2, 0.25) is 11.6 Å². The number of aryl methyl sites for hydroxylation is 1. The summed E-state index contributed by atoms with van der Waals surface area (Å²) < 4.78 is 10.3. The summed E-state index contributed by atoms with van der Waals surface area (Å²) in [5, 5.41) is 2.60. The van der Waals surface area contributed by atoms with Gasteiger partial charge in [-0.15, -0.1) is 0 Å². The van der Waals surface area contributed by atoms with Crippen LogP contribution in [0.25, 0.3) is 0 Å². The van der Waals surface area contributed by atoms with Gasteiger partial charge >= 0.3 is 12.1 Å². The van der Waals surface area contributed by atoms with Gasteiger partial charge in [-0.05, 0) is 32.9 Å². The number of anilines is 1. The molecule has 0 saturated heterocycles. The molecular weight excluding hydrogens is 370 g/mol. The smallest absolute Gasteiger partial charge is 0.414 e. The SMILES string of the molecule is Cc1nc(C(=O)ON2C(=O)c3ccccc3C2=O)c(NC(=O)OC(C)(C)C)o1. The number of carbonyl (C=O) groups is 4. The number of rotatable bonds is 3. The number of fused-ring (bicyclic) bond motifs is 1. The Morgan fingerprint density at radius 3 is 2.21 bits per heavy atom. The van der Waals surface area contributed by atoms with E-state index in [1.807, 2.05) is 0 Å². The zero-order valence-electron chi connectivity index (χ0n) is 15.6. The maximum atomic E-state index is 12.5. The lowest BCUT2D eigenvalue weighted by Crippen LogP contribution is -2.33. The van der Waals surface area contributed by atoms with Crippen LogP contribution in [-0.4, -0.2) is 39.5 Å². The Kier molecular flexibility index (Phi) is 4.63. The van der Waals surface area contributed by atoms with Crippen LogP contribution in [0.3, 0.4) is 0 Å². The minimum atomic E-state index is -1.16. The lowest BCUT2D eigenvalue weighted by atomic mass is 10.1. The fourth-order valence-corrected chi connectivity index (χ4v) is 2.42. The van der Waals surface area contributed by atoms with Crippen molar-refractivity contribution in [2.24, 2.45) is 0 Å². The van der Waals surface area contributed by atoms with Crippen molar-refractivity contribution in [3.8, 4) is 0 Å². The van der Waals surface area contributed by atoms with Crippen LogP contribution in [0.15, 0.2) is 28.7 Å². The second kappa shape index (κ2) is 6.80. The maximum Gasteiger partial charge on any atom is 0.414 e. The summed E-state index contributed by atoms with van der Waals surface area (Å²) in [7, 11) is 0. The molecule has 0 fully saturated rings. The molecule has 146 valence electrons. The van der Waals surface area contributed by atoms with E-state index in [4.69, 9.17) is 14.0 Å². The molecule has 0 bridgehead atoms. The summed E-state index contributed by atoms with van der Waals surface area (Å²) >= 11 is 0. The second-order valence-electron chi connectivity index (χ2n) is 6.87. The Morgan fingerprint density at radius 1 is 1.11 bits per heavy atom. The Bertz CT molecular complexity index is 952. The average molecular weight is 387 g/mol. The average Bonchev–Trinajstić information content (AvgIpc) is 3.06. The third kappa shape index (κ3) is 3.70. The lowest BCUT2D eigenvalue weighted by Gasteiger charge is -2.19. The van der Waals surface area contributed by atoms with E-state index in [1.165, 1.54) is 19.1 Å². The number of oxazole rings is 1. The molecule has 2 heterocycles. The number of hydrogen-bond acceptors (Lipinski definition) is 8. The minimum Gasteiger partial charge on any atom is -0.444 e. The van der Waals surface area contributed by atoms with E-state index in [0.29, 0.717) is 5.06 Å². The monoisotopic (exact) mass is 387 g/mol. The highest BCUT2D eigenvalue weighted by molar-refractivity contribution is 6.21. The van der Waals surface area contributed by atoms with Gasteiger partial charge in [0.15, 0.2) is 5.89 Å². The highest BCUT2D eigenvalue weighted by Gasteiger charge is 2.40. The molecule has 10 nitrogen and oxygen atoms in total. The second-order valence-corrected chi connectivity index (χ2v) is 6.87. The van der Waals surface area contributed by atoms with Gasteiger partial charge < -0.3 is 14.0 Å². The maximum absolute atomic E-state index is 12.5. The van der Waals surface area contributed by atoms with Crippen LogP contribution in [0.5, 0.6) is 0 Å². The summed E-state index contributed by atoms with van der Waals surface area (Å²) in [5.74, 6) is -2.99. The minimum absolute atomic E-state index is 0.0559. The van der Waals surface area contributed by atoms with Crippen LogP contribution in [0.1, 0.15) is 57.9 Å². The zero-order chi connectivity index (χ0) is 20.6. The number of carbonyl (C=O) groups excluding carboxylic acids is 4. The molecule has 1 aromatic heterocycles.